The van der Waals surface area contributed by atoms with Crippen molar-refractivity contribution in [2.45, 2.75) is 57.1 Å². The van der Waals surface area contributed by atoms with Crippen LogP contribution in [0.1, 0.15) is 61.5 Å². The number of ether oxygens (including phenoxy) is 3. The second-order valence-corrected chi connectivity index (χ2v) is 19.4. The van der Waals surface area contributed by atoms with Crippen LogP contribution in [0, 0.1) is 0 Å². The van der Waals surface area contributed by atoms with Crippen molar-refractivity contribution in [2.24, 2.45) is 0 Å². The molecule has 1 amide bonds. The lowest BCUT2D eigenvalue weighted by Crippen LogP contribution is -2.33. The van der Waals surface area contributed by atoms with Gasteiger partial charge in [0.1, 0.15) is 28.5 Å². The van der Waals surface area contributed by atoms with Crippen LogP contribution < -0.4 is 18.5 Å². The number of aromatic nitrogens is 2. The number of hydrogen-bond donors (Lipinski definition) is 1. The predicted molar refractivity (Wildman–Crippen MR) is 265 cm³/mol. The molecule has 0 unspecified atom stereocenters. The lowest BCUT2D eigenvalue weighted by Gasteiger charge is -2.24. The summed E-state index contributed by atoms with van der Waals surface area (Å²) in [6.45, 7) is 7.36. The highest BCUT2D eigenvalue weighted by molar-refractivity contribution is 9.10. The van der Waals surface area contributed by atoms with E-state index in [9.17, 15) is 26.4 Å². The lowest BCUT2D eigenvalue weighted by atomic mass is 10.1. The average Bonchev–Trinajstić information content (AvgIpc) is 3.29. The number of carbonyl (C=O) groups is 2. The standard InChI is InChI=1S/C21H19ClN2O4S.C16H18BrClN2O4S.C9H11NO2.CH4/c1-14(2)28-17-8-10-18(11-9-17)29(26,27)24-19-12-16(22)13-23-20(19)21(25)15-6-4-3-5-7-15;1-11(2)24-13-4-6-14(7-5-13)25(21,22)20(10-23-3)15-8-12(18)9-19-16(15)17;1-10(12-2)9(11)8-6-4-3-5-7-8;/h3-14,24H,1-2H3;4-9,11H,10H2,1-3H3;3-7H,1-2H3;1H4. The third-order valence-electron chi connectivity index (χ3n) is 8.52. The van der Waals surface area contributed by atoms with Gasteiger partial charge in [-0.3, -0.25) is 19.1 Å². The number of carbonyl (C=O) groups excluding carboxylic acids is 2. The van der Waals surface area contributed by atoms with E-state index in [1.165, 1.54) is 68.1 Å². The first-order valence-corrected chi connectivity index (χ1v) is 24.3. The van der Waals surface area contributed by atoms with Crippen LogP contribution in [0.15, 0.2) is 148 Å². The van der Waals surface area contributed by atoms with Crippen molar-refractivity contribution in [3.05, 3.63) is 165 Å². The number of nitrogens with zero attached hydrogens (tertiary/aromatic N) is 4. The zero-order valence-electron chi connectivity index (χ0n) is 36.9. The van der Waals surface area contributed by atoms with Crippen molar-refractivity contribution in [3.8, 4) is 11.5 Å². The number of sulfonamides is 2. The molecule has 20 heteroatoms. The molecular formula is C47H52BrCl2N5O10S2. The lowest BCUT2D eigenvalue weighted by molar-refractivity contribution is -0.0756. The molecule has 0 aliphatic heterocycles. The van der Waals surface area contributed by atoms with Gasteiger partial charge in [-0.2, -0.15) is 0 Å². The van der Waals surface area contributed by atoms with Crippen LogP contribution in [0.5, 0.6) is 11.5 Å². The molecule has 0 saturated heterocycles. The highest BCUT2D eigenvalue weighted by Crippen LogP contribution is 2.32. The molecule has 15 nitrogen and oxygen atoms in total. The molecule has 2 heterocycles. The fourth-order valence-corrected chi connectivity index (χ4v) is 8.80. The fraction of sp³-hybridized carbons (Fsp3) is 0.234. The molecule has 6 rings (SSSR count). The zero-order valence-corrected chi connectivity index (χ0v) is 41.6. The van der Waals surface area contributed by atoms with E-state index < -0.39 is 25.8 Å². The molecular weight excluding hydrogens is 1010 g/mol. The van der Waals surface area contributed by atoms with Crippen LogP contribution >= 0.6 is 39.1 Å². The zero-order chi connectivity index (χ0) is 48.6. The van der Waals surface area contributed by atoms with Crippen molar-refractivity contribution in [3.63, 3.8) is 0 Å². The molecule has 0 atom stereocenters. The summed E-state index contributed by atoms with van der Waals surface area (Å²) in [5, 5.41) is 1.71. The first-order valence-electron chi connectivity index (χ1n) is 19.8. The molecule has 2 aromatic heterocycles. The summed E-state index contributed by atoms with van der Waals surface area (Å²) in [4.78, 5) is 37.1. The molecule has 0 bridgehead atoms. The maximum absolute atomic E-state index is 13.0. The Labute approximate surface area is 411 Å². The maximum atomic E-state index is 13.0. The summed E-state index contributed by atoms with van der Waals surface area (Å²) < 4.78 is 71.7. The van der Waals surface area contributed by atoms with Crippen LogP contribution in [0.2, 0.25) is 10.0 Å². The van der Waals surface area contributed by atoms with Gasteiger partial charge in [0.25, 0.3) is 26.0 Å². The largest absolute Gasteiger partial charge is 0.491 e. The van der Waals surface area contributed by atoms with Crippen LogP contribution in [-0.4, -0.2) is 83.8 Å². The van der Waals surface area contributed by atoms with E-state index in [-0.39, 0.29) is 64.2 Å². The van der Waals surface area contributed by atoms with E-state index in [0.29, 0.717) is 32.3 Å². The third kappa shape index (κ3) is 16.3. The fourth-order valence-electron chi connectivity index (χ4n) is 5.50. The van der Waals surface area contributed by atoms with Crippen LogP contribution in [0.4, 0.5) is 11.4 Å². The smallest absolute Gasteiger partial charge is 0.277 e. The Bertz CT molecular complexity index is 2760. The quantitative estimate of drug-likeness (QED) is 0.0419. The van der Waals surface area contributed by atoms with E-state index in [1.807, 2.05) is 45.9 Å². The van der Waals surface area contributed by atoms with Crippen LogP contribution in [0.25, 0.3) is 0 Å². The van der Waals surface area contributed by atoms with Gasteiger partial charge in [-0.25, -0.2) is 36.2 Å². The van der Waals surface area contributed by atoms with Gasteiger partial charge in [0.2, 0.25) is 5.78 Å². The number of methoxy groups -OCH3 is 1. The molecule has 6 aromatic rings. The first-order chi connectivity index (χ1) is 31.3. The van der Waals surface area contributed by atoms with E-state index in [2.05, 4.69) is 30.6 Å². The van der Waals surface area contributed by atoms with Gasteiger partial charge in [0, 0.05) is 37.7 Å². The molecule has 0 spiro atoms. The Morgan fingerprint density at radius 1 is 0.701 bits per heavy atom. The van der Waals surface area contributed by atoms with Crippen molar-refractivity contribution in [2.75, 3.05) is 37.0 Å². The summed E-state index contributed by atoms with van der Waals surface area (Å²) in [5.41, 5.74) is 1.27. The van der Waals surface area contributed by atoms with Gasteiger partial charge in [0.05, 0.1) is 50.5 Å². The number of amides is 1. The summed E-state index contributed by atoms with van der Waals surface area (Å²) in [5.74, 6) is 0.597. The second kappa shape index (κ2) is 26.1. The molecule has 0 fully saturated rings. The topological polar surface area (TPSA) is 184 Å². The number of hydroxylamine groups is 2. The van der Waals surface area contributed by atoms with E-state index >= 15 is 0 Å². The van der Waals surface area contributed by atoms with Gasteiger partial charge in [-0.05, 0) is 116 Å². The van der Waals surface area contributed by atoms with E-state index in [0.717, 1.165) is 4.31 Å². The predicted octanol–water partition coefficient (Wildman–Crippen LogP) is 10.6. The van der Waals surface area contributed by atoms with Gasteiger partial charge < -0.3 is 14.2 Å². The van der Waals surface area contributed by atoms with Crippen molar-refractivity contribution >= 4 is 82.2 Å². The van der Waals surface area contributed by atoms with Gasteiger partial charge in [-0.1, -0.05) is 79.2 Å². The number of nitrogens with one attached hydrogen (secondary N) is 1. The van der Waals surface area contributed by atoms with Crippen molar-refractivity contribution < 1.29 is 45.5 Å². The molecule has 4 aromatic carbocycles. The summed E-state index contributed by atoms with van der Waals surface area (Å²) >= 11 is 15.2. The number of halogens is 3. The van der Waals surface area contributed by atoms with Crippen LogP contribution in [-0.2, 0) is 29.6 Å². The summed E-state index contributed by atoms with van der Waals surface area (Å²) in [6, 6.07) is 32.5. The first kappa shape index (κ1) is 55.7. The maximum Gasteiger partial charge on any atom is 0.277 e. The number of anilines is 2. The summed E-state index contributed by atoms with van der Waals surface area (Å²) in [7, 11) is -3.40. The monoisotopic (exact) mass is 1060 g/mol. The molecule has 0 radical (unpaired) electrons. The number of rotatable bonds is 16. The van der Waals surface area contributed by atoms with E-state index in [4.69, 9.17) is 42.3 Å². The Morgan fingerprint density at radius 3 is 1.67 bits per heavy atom. The Kier molecular flexibility index (Phi) is 21.7. The number of hydrogen-bond acceptors (Lipinski definition) is 12. The number of pyridine rings is 2. The number of ketones is 1. The number of benzene rings is 4. The van der Waals surface area contributed by atoms with Gasteiger partial charge >= 0.3 is 0 Å². The second-order valence-electron chi connectivity index (χ2n) is 14.2. The Balaban J connectivity index is 0.000000285. The van der Waals surface area contributed by atoms with Gasteiger partial charge in [0.15, 0.2) is 0 Å². The molecule has 358 valence electrons. The minimum atomic E-state index is -3.97. The summed E-state index contributed by atoms with van der Waals surface area (Å²) in [6.07, 6.45) is 2.69. The molecule has 1 N–H and O–H groups in total. The minimum Gasteiger partial charge on any atom is -0.491 e. The average molecular weight is 1060 g/mol. The SMILES string of the molecule is C.CC(C)Oc1ccc(S(=O)(=O)Nc2cc(Cl)cnc2C(=O)c2ccccc2)cc1.COCN(c1cc(Cl)cnc1Br)S(=O)(=O)c1ccc(OC(C)C)cc1.CON(C)C(=O)c1ccccc1. The normalized spacial score (nSPS) is 10.9. The third-order valence-corrected chi connectivity index (χ3v) is 12.7. The molecule has 0 aliphatic rings. The van der Waals surface area contributed by atoms with E-state index in [1.54, 1.807) is 73.8 Å². The minimum absolute atomic E-state index is 0. The molecule has 67 heavy (non-hydrogen) atoms. The Hall–Kier alpha value is -5.60. The van der Waals surface area contributed by atoms with Crippen LogP contribution in [0.3, 0.4) is 0 Å². The van der Waals surface area contributed by atoms with Gasteiger partial charge in [-0.15, -0.1) is 0 Å². The van der Waals surface area contributed by atoms with Crippen molar-refractivity contribution in [1.29, 1.82) is 0 Å². The highest BCUT2D eigenvalue weighted by Gasteiger charge is 2.28. The Morgan fingerprint density at radius 2 is 1.18 bits per heavy atom. The molecule has 0 aliphatic carbocycles. The van der Waals surface area contributed by atoms with Crippen molar-refractivity contribution in [1.82, 2.24) is 15.0 Å². The molecule has 0 saturated carbocycles. The highest BCUT2D eigenvalue weighted by atomic mass is 79.9.